The largest absolute Gasteiger partial charge is 0.441 e. The van der Waals surface area contributed by atoms with Crippen molar-refractivity contribution in [2.24, 2.45) is 17.3 Å². The molecule has 0 unspecified atom stereocenters. The summed E-state index contributed by atoms with van der Waals surface area (Å²) >= 11 is 0. The van der Waals surface area contributed by atoms with Gasteiger partial charge < -0.3 is 14.3 Å². The lowest BCUT2D eigenvalue weighted by atomic mass is 9.51. The van der Waals surface area contributed by atoms with Crippen molar-refractivity contribution in [3.63, 3.8) is 0 Å². The molecule has 0 radical (unpaired) electrons. The van der Waals surface area contributed by atoms with Crippen LogP contribution in [-0.2, 0) is 9.16 Å². The molecule has 224 valence electrons. The summed E-state index contributed by atoms with van der Waals surface area (Å²) in [6.07, 6.45) is 13.3. The summed E-state index contributed by atoms with van der Waals surface area (Å²) in [4.78, 5) is 18.3. The molecule has 1 N–H and O–H groups in total. The van der Waals surface area contributed by atoms with Gasteiger partial charge >= 0.3 is 6.09 Å². The monoisotopic (exact) mass is 562 g/mol. The Labute approximate surface area is 239 Å². The Balaban J connectivity index is 1.61. The second-order valence-electron chi connectivity index (χ2n) is 14.9. The van der Waals surface area contributed by atoms with Crippen LogP contribution in [0.1, 0.15) is 112 Å². The maximum atomic E-state index is 13.4. The van der Waals surface area contributed by atoms with Gasteiger partial charge in [-0.3, -0.25) is 9.80 Å². The quantitative estimate of drug-likeness (QED) is 0.340. The molecule has 1 saturated carbocycles. The first kappa shape index (κ1) is 29.8. The number of aliphatic hydroxyl groups excluding tert-OH is 1. The van der Waals surface area contributed by atoms with Crippen molar-refractivity contribution in [2.75, 3.05) is 32.8 Å². The molecular weight excluding hydrogens is 504 g/mol. The summed E-state index contributed by atoms with van der Waals surface area (Å²) in [5.74, 6) is 0.909. The predicted molar refractivity (Wildman–Crippen MR) is 159 cm³/mol. The fourth-order valence-electron chi connectivity index (χ4n) is 11.0. The highest BCUT2D eigenvalue weighted by Crippen LogP contribution is 2.65. The molecule has 5 aliphatic rings. The van der Waals surface area contributed by atoms with Crippen LogP contribution >= 0.6 is 0 Å². The van der Waals surface area contributed by atoms with E-state index in [0.717, 1.165) is 45.5 Å². The Morgan fingerprint density at radius 2 is 1.56 bits per heavy atom. The molecule has 0 aromatic carbocycles. The molecular formula is C32H58N2O4Si. The minimum absolute atomic E-state index is 0.0112. The lowest BCUT2D eigenvalue weighted by Crippen LogP contribution is -2.76. The third kappa shape index (κ3) is 4.64. The Bertz CT molecular complexity index is 845. The van der Waals surface area contributed by atoms with E-state index in [0.29, 0.717) is 28.5 Å². The minimum atomic E-state index is -2.07. The second kappa shape index (κ2) is 11.6. The number of carbonyl (C=O) groups excluding carboxylic acids is 1. The number of aliphatic hydroxyl groups is 1. The predicted octanol–water partition coefficient (Wildman–Crippen LogP) is 6.97. The van der Waals surface area contributed by atoms with E-state index >= 15 is 0 Å². The van der Waals surface area contributed by atoms with Gasteiger partial charge in [-0.15, -0.1) is 0 Å². The highest BCUT2D eigenvalue weighted by Gasteiger charge is 2.77. The van der Waals surface area contributed by atoms with Gasteiger partial charge in [0.25, 0.3) is 0 Å². The first-order valence-electron chi connectivity index (χ1n) is 16.6. The number of carbonyl (C=O) groups is 1. The van der Waals surface area contributed by atoms with E-state index in [4.69, 9.17) is 9.16 Å². The van der Waals surface area contributed by atoms with Gasteiger partial charge in [-0.05, 0) is 67.2 Å². The third-order valence-electron chi connectivity index (χ3n) is 12.2. The first-order chi connectivity index (χ1) is 18.6. The van der Waals surface area contributed by atoms with E-state index < -0.39 is 20.0 Å². The highest BCUT2D eigenvalue weighted by molar-refractivity contribution is 6.77. The van der Waals surface area contributed by atoms with Gasteiger partial charge in [-0.25, -0.2) is 4.79 Å². The van der Waals surface area contributed by atoms with Crippen LogP contribution in [0.4, 0.5) is 4.79 Å². The Morgan fingerprint density at radius 1 is 0.949 bits per heavy atom. The van der Waals surface area contributed by atoms with Gasteiger partial charge in [0.15, 0.2) is 14.4 Å². The van der Waals surface area contributed by atoms with Crippen LogP contribution in [0, 0.1) is 17.3 Å². The van der Waals surface area contributed by atoms with Crippen molar-refractivity contribution in [3.05, 3.63) is 0 Å². The van der Waals surface area contributed by atoms with Gasteiger partial charge in [0.1, 0.15) is 5.54 Å². The van der Waals surface area contributed by atoms with E-state index in [1.54, 1.807) is 0 Å². The maximum absolute atomic E-state index is 13.4. The van der Waals surface area contributed by atoms with Crippen LogP contribution in [0.3, 0.4) is 0 Å². The van der Waals surface area contributed by atoms with Crippen molar-refractivity contribution in [3.8, 4) is 0 Å². The molecule has 1 spiro atoms. The standard InChI is InChI=1S/C32H58N2O4Si/c1-23(2)39(24(3)4,25(5)6)37-22-31-16-13-11-9-7-8-10-12-14-17-33-18-15-27-26(19-31)20-34-30(36)38-28(21-35)32(27,34)29(31)33/h23-29,35H,7-22H2,1-6H3/t26-,27-,28+,29-,31-,32+/m0/s1. The summed E-state index contributed by atoms with van der Waals surface area (Å²) < 4.78 is 13.6. The Hall–Kier alpha value is -0.633. The van der Waals surface area contributed by atoms with Crippen molar-refractivity contribution in [1.29, 1.82) is 0 Å². The molecule has 6 nitrogen and oxygen atoms in total. The molecule has 4 bridgehead atoms. The molecule has 4 saturated heterocycles. The number of hydrogen-bond acceptors (Lipinski definition) is 5. The number of hydrogen-bond donors (Lipinski definition) is 1. The van der Waals surface area contributed by atoms with Gasteiger partial charge in [-0.2, -0.15) is 0 Å². The van der Waals surface area contributed by atoms with Crippen molar-refractivity contribution in [1.82, 2.24) is 9.80 Å². The highest BCUT2D eigenvalue weighted by atomic mass is 28.4. The van der Waals surface area contributed by atoms with Crippen LogP contribution < -0.4 is 0 Å². The molecule has 0 aromatic rings. The second-order valence-corrected chi connectivity index (χ2v) is 20.4. The van der Waals surface area contributed by atoms with Gasteiger partial charge in [0.2, 0.25) is 0 Å². The van der Waals surface area contributed by atoms with Crippen LogP contribution in [0.5, 0.6) is 0 Å². The molecule has 5 fully saturated rings. The fraction of sp³-hybridized carbons (Fsp3) is 0.969. The molecule has 5 rings (SSSR count). The zero-order chi connectivity index (χ0) is 28.0. The molecule has 7 heteroatoms. The van der Waals surface area contributed by atoms with E-state index in [1.165, 1.54) is 51.4 Å². The number of amides is 1. The molecule has 1 aliphatic carbocycles. The summed E-state index contributed by atoms with van der Waals surface area (Å²) in [7, 11) is -2.07. The Morgan fingerprint density at radius 3 is 2.18 bits per heavy atom. The summed E-state index contributed by atoms with van der Waals surface area (Å²) in [5, 5.41) is 10.7. The number of rotatable bonds is 7. The fourth-order valence-corrected chi connectivity index (χ4v) is 16.5. The van der Waals surface area contributed by atoms with Gasteiger partial charge in [0, 0.05) is 24.6 Å². The van der Waals surface area contributed by atoms with Gasteiger partial charge in [-0.1, -0.05) is 86.5 Å². The molecule has 6 atom stereocenters. The number of ether oxygens (including phenoxy) is 1. The Kier molecular flexibility index (Phi) is 8.85. The smallest absolute Gasteiger partial charge is 0.410 e. The van der Waals surface area contributed by atoms with E-state index in [1.807, 2.05) is 0 Å². The van der Waals surface area contributed by atoms with Crippen molar-refractivity contribution < 1.29 is 19.1 Å². The molecule has 39 heavy (non-hydrogen) atoms. The maximum Gasteiger partial charge on any atom is 0.410 e. The SMILES string of the molecule is CC(C)[Si](OC[C@@]12CCCCCCCCCCN3CC[C@H]4[C@H](CN5C(=O)O[C@H](CO)[C@@]45[C@@H]31)C2)(C(C)C)C(C)C. The molecule has 0 aromatic heterocycles. The summed E-state index contributed by atoms with van der Waals surface area (Å²) in [5.41, 5.74) is 1.23. The van der Waals surface area contributed by atoms with E-state index in [-0.39, 0.29) is 24.2 Å². The average Bonchev–Trinajstić information content (AvgIpc) is 3.29. The molecule has 4 aliphatic heterocycles. The minimum Gasteiger partial charge on any atom is -0.441 e. The number of piperidine rings is 1. The van der Waals surface area contributed by atoms with Crippen molar-refractivity contribution in [2.45, 2.75) is 146 Å². The van der Waals surface area contributed by atoms with E-state index in [9.17, 15) is 9.90 Å². The zero-order valence-corrected chi connectivity index (χ0v) is 26.9. The van der Waals surface area contributed by atoms with Crippen LogP contribution in [0.25, 0.3) is 0 Å². The lowest BCUT2D eigenvalue weighted by molar-refractivity contribution is -0.158. The van der Waals surface area contributed by atoms with Crippen LogP contribution in [-0.4, -0.2) is 79.8 Å². The average molecular weight is 563 g/mol. The van der Waals surface area contributed by atoms with Crippen LogP contribution in [0.2, 0.25) is 16.6 Å². The third-order valence-corrected chi connectivity index (χ3v) is 18.2. The number of cyclic esters (lactones) is 1. The summed E-state index contributed by atoms with van der Waals surface area (Å²) in [6, 6.07) is 0.199. The lowest BCUT2D eigenvalue weighted by Gasteiger charge is -2.64. The number of nitrogens with zero attached hydrogens (tertiary/aromatic N) is 2. The van der Waals surface area contributed by atoms with Gasteiger partial charge in [0.05, 0.1) is 6.61 Å². The van der Waals surface area contributed by atoms with Crippen molar-refractivity contribution >= 4 is 14.4 Å². The zero-order valence-electron chi connectivity index (χ0n) is 25.9. The topological polar surface area (TPSA) is 62.2 Å². The first-order valence-corrected chi connectivity index (χ1v) is 18.8. The normalized spacial score (nSPS) is 38.0. The molecule has 4 heterocycles. The molecule has 1 amide bonds. The van der Waals surface area contributed by atoms with Crippen LogP contribution in [0.15, 0.2) is 0 Å². The van der Waals surface area contributed by atoms with E-state index in [2.05, 4.69) is 51.3 Å². The summed E-state index contributed by atoms with van der Waals surface area (Å²) in [6.45, 7) is 18.1.